The molecule has 3 aromatic rings. The number of benzene rings is 2. The molecule has 0 radical (unpaired) electrons. The summed E-state index contributed by atoms with van der Waals surface area (Å²) >= 11 is 1.33. The minimum atomic E-state index is -4.67. The van der Waals surface area contributed by atoms with Crippen LogP contribution in [0, 0.1) is 0 Å². The van der Waals surface area contributed by atoms with Gasteiger partial charge in [-0.05, 0) is 54.3 Å². The van der Waals surface area contributed by atoms with Crippen molar-refractivity contribution in [1.29, 1.82) is 0 Å². The second-order valence-corrected chi connectivity index (χ2v) is 9.66. The molecule has 0 N–H and O–H groups in total. The van der Waals surface area contributed by atoms with E-state index >= 15 is 0 Å². The molecule has 0 bridgehead atoms. The van der Waals surface area contributed by atoms with Gasteiger partial charge in [-0.1, -0.05) is 24.3 Å². The normalized spacial score (nSPS) is 11.9. The zero-order chi connectivity index (χ0) is 23.4. The van der Waals surface area contributed by atoms with Gasteiger partial charge in [0.2, 0.25) is 0 Å². The van der Waals surface area contributed by atoms with Gasteiger partial charge in [-0.25, -0.2) is 8.42 Å². The van der Waals surface area contributed by atoms with E-state index in [0.29, 0.717) is 11.6 Å². The van der Waals surface area contributed by atoms with Crippen LogP contribution in [-0.4, -0.2) is 21.0 Å². The van der Waals surface area contributed by atoms with Crippen LogP contribution >= 0.6 is 11.3 Å². The van der Waals surface area contributed by atoms with Crippen molar-refractivity contribution in [2.45, 2.75) is 31.0 Å². The highest BCUT2D eigenvalue weighted by atomic mass is 32.2. The molecule has 0 unspecified atom stereocenters. The molecule has 3 rings (SSSR count). The molecule has 170 valence electrons. The summed E-state index contributed by atoms with van der Waals surface area (Å²) in [5.74, 6) is -0.410. The Bertz CT molecular complexity index is 1160. The van der Waals surface area contributed by atoms with Crippen LogP contribution in [0.1, 0.15) is 22.9 Å². The molecule has 2 aromatic carbocycles. The summed E-state index contributed by atoms with van der Waals surface area (Å²) in [7, 11) is -4.31. The van der Waals surface area contributed by atoms with E-state index in [1.807, 2.05) is 0 Å². The number of hydrogen-bond acceptors (Lipinski definition) is 5. The van der Waals surface area contributed by atoms with Crippen LogP contribution in [0.4, 0.5) is 18.9 Å². The fraction of sp³-hybridized carbons (Fsp3) is 0.227. The summed E-state index contributed by atoms with van der Waals surface area (Å²) in [6.07, 6.45) is -4.64. The van der Waals surface area contributed by atoms with Crippen LogP contribution in [0.2, 0.25) is 0 Å². The van der Waals surface area contributed by atoms with Crippen LogP contribution in [0.15, 0.2) is 70.9 Å². The van der Waals surface area contributed by atoms with Gasteiger partial charge in [0.1, 0.15) is 0 Å². The smallest absolute Gasteiger partial charge is 0.416 e. The number of thiophene rings is 1. The van der Waals surface area contributed by atoms with Gasteiger partial charge in [-0.3, -0.25) is 9.10 Å². The third-order valence-electron chi connectivity index (χ3n) is 4.51. The zero-order valence-corrected chi connectivity index (χ0v) is 18.6. The lowest BCUT2D eigenvalue weighted by atomic mass is 10.1. The molecule has 0 atom stereocenters. The number of sulfonamides is 1. The number of anilines is 1. The molecule has 5 nitrogen and oxygen atoms in total. The predicted molar refractivity (Wildman–Crippen MR) is 116 cm³/mol. The number of rotatable bonds is 8. The lowest BCUT2D eigenvalue weighted by Crippen LogP contribution is -2.30. The van der Waals surface area contributed by atoms with E-state index in [9.17, 15) is 26.4 Å². The maximum atomic E-state index is 13.4. The second-order valence-electron chi connectivity index (χ2n) is 6.76. The highest BCUT2D eigenvalue weighted by Crippen LogP contribution is 2.33. The molecule has 1 aromatic heterocycles. The minimum absolute atomic E-state index is 0.0272. The number of hydrogen-bond donors (Lipinski definition) is 0. The van der Waals surface area contributed by atoms with E-state index in [1.165, 1.54) is 23.5 Å². The number of carbonyl (C=O) groups excluding carboxylic acids is 1. The molecule has 0 saturated carbocycles. The number of esters is 1. The van der Waals surface area contributed by atoms with Gasteiger partial charge in [0, 0.05) is 4.88 Å². The van der Waals surface area contributed by atoms with Crippen LogP contribution in [-0.2, 0) is 38.7 Å². The first-order valence-corrected chi connectivity index (χ1v) is 11.9. The van der Waals surface area contributed by atoms with E-state index in [2.05, 4.69) is 0 Å². The predicted octanol–water partition coefficient (Wildman–Crippen LogP) is 5.27. The molecule has 0 saturated heterocycles. The molecule has 0 aliphatic rings. The maximum absolute atomic E-state index is 13.4. The van der Waals surface area contributed by atoms with Gasteiger partial charge in [-0.2, -0.15) is 13.2 Å². The second kappa shape index (κ2) is 9.74. The summed E-state index contributed by atoms with van der Waals surface area (Å²) in [5, 5.41) is 1.78. The molecule has 1 heterocycles. The quantitative estimate of drug-likeness (QED) is 0.410. The first-order chi connectivity index (χ1) is 15.1. The highest BCUT2D eigenvalue weighted by Gasteiger charge is 2.33. The summed E-state index contributed by atoms with van der Waals surface area (Å²) in [4.78, 5) is 11.9. The van der Waals surface area contributed by atoms with E-state index in [-0.39, 0.29) is 25.3 Å². The first kappa shape index (κ1) is 23.8. The average molecular weight is 484 g/mol. The Morgan fingerprint density at radius 3 is 2.38 bits per heavy atom. The SMILES string of the molecule is CCOC(=O)Cc1ccc(N(Cc2cccs2)S(=O)(=O)c2cccc(C(F)(F)F)c2)cc1. The molecule has 32 heavy (non-hydrogen) atoms. The topological polar surface area (TPSA) is 63.7 Å². The Morgan fingerprint density at radius 2 is 1.78 bits per heavy atom. The van der Waals surface area contributed by atoms with E-state index in [0.717, 1.165) is 27.4 Å². The number of halogens is 3. The zero-order valence-electron chi connectivity index (χ0n) is 17.0. The molecule has 0 aliphatic heterocycles. The van der Waals surface area contributed by atoms with Gasteiger partial charge >= 0.3 is 12.1 Å². The molecular weight excluding hydrogens is 463 g/mol. The summed E-state index contributed by atoms with van der Waals surface area (Å²) in [6, 6.07) is 13.4. The molecule has 10 heteroatoms. The molecule has 0 aliphatic carbocycles. The summed E-state index contributed by atoms with van der Waals surface area (Å²) in [5.41, 5.74) is -0.150. The average Bonchev–Trinajstić information content (AvgIpc) is 3.26. The monoisotopic (exact) mass is 483 g/mol. The van der Waals surface area contributed by atoms with Gasteiger partial charge in [0.25, 0.3) is 10.0 Å². The summed E-state index contributed by atoms with van der Waals surface area (Å²) in [6.45, 7) is 1.90. The number of nitrogens with zero attached hydrogens (tertiary/aromatic N) is 1. The minimum Gasteiger partial charge on any atom is -0.466 e. The Labute approximate surface area is 188 Å². The van der Waals surface area contributed by atoms with Crippen LogP contribution in [0.25, 0.3) is 0 Å². The van der Waals surface area contributed by atoms with Gasteiger partial charge in [0.15, 0.2) is 0 Å². The van der Waals surface area contributed by atoms with Crippen LogP contribution in [0.5, 0.6) is 0 Å². The Morgan fingerprint density at radius 1 is 1.06 bits per heavy atom. The van der Waals surface area contributed by atoms with E-state index in [4.69, 9.17) is 4.74 Å². The van der Waals surface area contributed by atoms with Crippen LogP contribution < -0.4 is 4.31 Å². The standard InChI is InChI=1S/C22H20F3NO4S2/c1-2-30-21(27)13-16-8-10-18(11-9-16)26(15-19-6-4-12-31-19)32(28,29)20-7-3-5-17(14-20)22(23,24)25/h3-12,14H,2,13,15H2,1H3. The van der Waals surface area contributed by atoms with Crippen molar-refractivity contribution >= 4 is 33.0 Å². The highest BCUT2D eigenvalue weighted by molar-refractivity contribution is 7.92. The lowest BCUT2D eigenvalue weighted by molar-refractivity contribution is -0.142. The lowest BCUT2D eigenvalue weighted by Gasteiger charge is -2.24. The van der Waals surface area contributed by atoms with Gasteiger partial charge in [-0.15, -0.1) is 11.3 Å². The fourth-order valence-corrected chi connectivity index (χ4v) is 5.24. The fourth-order valence-electron chi connectivity index (χ4n) is 2.98. The molecule has 0 amide bonds. The first-order valence-electron chi connectivity index (χ1n) is 9.58. The number of ether oxygens (including phenoxy) is 1. The molecular formula is C22H20F3NO4S2. The Hall–Kier alpha value is -2.85. The Balaban J connectivity index is 1.98. The van der Waals surface area contributed by atoms with Crippen molar-refractivity contribution in [3.8, 4) is 0 Å². The van der Waals surface area contributed by atoms with Crippen molar-refractivity contribution in [1.82, 2.24) is 0 Å². The maximum Gasteiger partial charge on any atom is 0.416 e. The largest absolute Gasteiger partial charge is 0.466 e. The van der Waals surface area contributed by atoms with Crippen molar-refractivity contribution in [3.05, 3.63) is 82.0 Å². The summed E-state index contributed by atoms with van der Waals surface area (Å²) < 4.78 is 72.1. The van der Waals surface area contributed by atoms with Crippen molar-refractivity contribution < 1.29 is 31.1 Å². The van der Waals surface area contributed by atoms with Crippen molar-refractivity contribution in [2.24, 2.45) is 0 Å². The van der Waals surface area contributed by atoms with Crippen molar-refractivity contribution in [3.63, 3.8) is 0 Å². The van der Waals surface area contributed by atoms with Crippen molar-refractivity contribution in [2.75, 3.05) is 10.9 Å². The van der Waals surface area contributed by atoms with Gasteiger partial charge in [0.05, 0.1) is 35.7 Å². The third-order valence-corrected chi connectivity index (χ3v) is 7.14. The Kier molecular flexibility index (Phi) is 7.25. The third kappa shape index (κ3) is 5.68. The van der Waals surface area contributed by atoms with Gasteiger partial charge < -0.3 is 4.74 Å². The van der Waals surface area contributed by atoms with Crippen LogP contribution in [0.3, 0.4) is 0 Å². The number of carbonyl (C=O) groups is 1. The number of alkyl halides is 3. The van der Waals surface area contributed by atoms with E-state index < -0.39 is 32.6 Å². The molecule has 0 spiro atoms. The van der Waals surface area contributed by atoms with E-state index in [1.54, 1.807) is 36.6 Å². The molecule has 0 fully saturated rings.